The van der Waals surface area contributed by atoms with Gasteiger partial charge in [0.1, 0.15) is 6.10 Å². The summed E-state index contributed by atoms with van der Waals surface area (Å²) in [5.41, 5.74) is 0. The van der Waals surface area contributed by atoms with Crippen LogP contribution in [0.15, 0.2) is 35.3 Å². The number of fused-ring (bicyclic) bond motifs is 1. The van der Waals surface area contributed by atoms with Gasteiger partial charge in [0, 0.05) is 40.6 Å². The fourth-order valence-corrected chi connectivity index (χ4v) is 5.01. The van der Waals surface area contributed by atoms with Gasteiger partial charge in [0.05, 0.1) is 6.54 Å². The average molecular weight is 408 g/mol. The number of nitrogens with zero attached hydrogens (tertiary/aromatic N) is 1. The summed E-state index contributed by atoms with van der Waals surface area (Å²) in [5.74, 6) is 0.762. The molecule has 1 saturated heterocycles. The van der Waals surface area contributed by atoms with Gasteiger partial charge < -0.3 is 20.5 Å². The van der Waals surface area contributed by atoms with Gasteiger partial charge in [-0.15, -0.1) is 11.3 Å². The molecular weight excluding hydrogens is 378 g/mol. The summed E-state index contributed by atoms with van der Waals surface area (Å²) in [6.07, 6.45) is 3.67. The monoisotopic (exact) mass is 407 g/mol. The number of thioether (sulfide) groups is 1. The normalized spacial score (nSPS) is 18.4. The number of hydrogen-bond donors (Lipinski definition) is 3. The molecule has 27 heavy (non-hydrogen) atoms. The summed E-state index contributed by atoms with van der Waals surface area (Å²) in [5, 5.41) is 18.4. The van der Waals surface area contributed by atoms with E-state index in [9.17, 15) is 5.11 Å². The Morgan fingerprint density at radius 2 is 2.11 bits per heavy atom. The first kappa shape index (κ1) is 20.5. The van der Waals surface area contributed by atoms with E-state index in [1.165, 1.54) is 10.1 Å². The van der Waals surface area contributed by atoms with Gasteiger partial charge in [-0.25, -0.2) is 0 Å². The maximum absolute atomic E-state index is 10.6. The molecule has 0 spiro atoms. The highest BCUT2D eigenvalue weighted by molar-refractivity contribution is 8.00. The molecule has 0 bridgehead atoms. The van der Waals surface area contributed by atoms with E-state index in [1.807, 2.05) is 23.9 Å². The molecular formula is C20H29N3O2S2. The van der Waals surface area contributed by atoms with Crippen LogP contribution in [0.2, 0.25) is 0 Å². The SMILES string of the molecule is CCNC(=NCC1(SC)CCOCC1)NCC(O)c1cc2ccccc2s1. The molecule has 5 nitrogen and oxygen atoms in total. The van der Waals surface area contributed by atoms with Crippen molar-refractivity contribution in [1.29, 1.82) is 0 Å². The van der Waals surface area contributed by atoms with Crippen molar-refractivity contribution in [3.05, 3.63) is 35.2 Å². The second-order valence-electron chi connectivity index (χ2n) is 6.78. The van der Waals surface area contributed by atoms with Crippen molar-refractivity contribution in [2.75, 3.05) is 39.1 Å². The van der Waals surface area contributed by atoms with Crippen LogP contribution < -0.4 is 10.6 Å². The van der Waals surface area contributed by atoms with Crippen LogP contribution in [0.5, 0.6) is 0 Å². The highest BCUT2D eigenvalue weighted by atomic mass is 32.2. The molecule has 2 aromatic rings. The van der Waals surface area contributed by atoms with Crippen molar-refractivity contribution in [3.8, 4) is 0 Å². The average Bonchev–Trinajstić information content (AvgIpc) is 3.15. The first-order valence-electron chi connectivity index (χ1n) is 9.47. The van der Waals surface area contributed by atoms with Crippen LogP contribution in [-0.4, -0.2) is 54.9 Å². The standard InChI is InChI=1S/C20H29N3O2S2/c1-3-21-19(23-14-20(26-2)8-10-25-11-9-20)22-13-16(24)18-12-15-6-4-5-7-17(15)27-18/h4-7,12,16,24H,3,8-11,13-14H2,1-2H3,(H2,21,22,23). The minimum Gasteiger partial charge on any atom is -0.386 e. The molecule has 0 aliphatic carbocycles. The van der Waals surface area contributed by atoms with Crippen LogP contribution in [0.3, 0.4) is 0 Å². The second-order valence-corrected chi connectivity index (χ2v) is 9.17. The first-order valence-corrected chi connectivity index (χ1v) is 11.5. The molecule has 1 unspecified atom stereocenters. The van der Waals surface area contributed by atoms with Crippen molar-refractivity contribution in [1.82, 2.24) is 10.6 Å². The first-order chi connectivity index (χ1) is 13.2. The van der Waals surface area contributed by atoms with E-state index in [0.29, 0.717) is 6.54 Å². The smallest absolute Gasteiger partial charge is 0.191 e. The predicted molar refractivity (Wildman–Crippen MR) is 117 cm³/mol. The molecule has 3 N–H and O–H groups in total. The van der Waals surface area contributed by atoms with Crippen molar-refractivity contribution in [2.24, 2.45) is 4.99 Å². The molecule has 0 radical (unpaired) electrons. The number of thiophene rings is 1. The van der Waals surface area contributed by atoms with Gasteiger partial charge in [-0.2, -0.15) is 11.8 Å². The Hall–Kier alpha value is -1.28. The topological polar surface area (TPSA) is 65.9 Å². The van der Waals surface area contributed by atoms with Gasteiger partial charge in [0.2, 0.25) is 0 Å². The summed E-state index contributed by atoms with van der Waals surface area (Å²) in [6.45, 7) is 5.66. The van der Waals surface area contributed by atoms with E-state index in [0.717, 1.165) is 50.0 Å². The molecule has 7 heteroatoms. The Balaban J connectivity index is 1.61. The molecule has 3 rings (SSSR count). The van der Waals surface area contributed by atoms with Crippen LogP contribution in [0, 0.1) is 0 Å². The Kier molecular flexibility index (Phi) is 7.41. The molecule has 1 fully saturated rings. The number of aliphatic hydroxyl groups excluding tert-OH is 1. The number of aliphatic imine (C=N–C) groups is 1. The van der Waals surface area contributed by atoms with Crippen LogP contribution in [0.4, 0.5) is 0 Å². The zero-order valence-corrected chi connectivity index (χ0v) is 17.7. The Labute approximate surface area is 169 Å². The molecule has 0 amide bonds. The highest BCUT2D eigenvalue weighted by Gasteiger charge is 2.31. The molecule has 1 atom stereocenters. The van der Waals surface area contributed by atoms with Gasteiger partial charge in [-0.05, 0) is 43.5 Å². The number of rotatable bonds is 7. The lowest BCUT2D eigenvalue weighted by atomic mass is 9.99. The fourth-order valence-electron chi connectivity index (χ4n) is 3.20. The summed E-state index contributed by atoms with van der Waals surface area (Å²) < 4.78 is 6.87. The number of aliphatic hydroxyl groups is 1. The van der Waals surface area contributed by atoms with Crippen LogP contribution in [0.1, 0.15) is 30.7 Å². The molecule has 1 aromatic heterocycles. The van der Waals surface area contributed by atoms with E-state index in [-0.39, 0.29) is 4.75 Å². The van der Waals surface area contributed by atoms with Gasteiger partial charge in [0.15, 0.2) is 5.96 Å². The Morgan fingerprint density at radius 1 is 1.33 bits per heavy atom. The van der Waals surface area contributed by atoms with Crippen molar-refractivity contribution in [2.45, 2.75) is 30.6 Å². The minimum atomic E-state index is -0.552. The van der Waals surface area contributed by atoms with Crippen LogP contribution >= 0.6 is 23.1 Å². The number of ether oxygens (including phenoxy) is 1. The van der Waals surface area contributed by atoms with E-state index in [4.69, 9.17) is 9.73 Å². The van der Waals surface area contributed by atoms with Crippen molar-refractivity contribution in [3.63, 3.8) is 0 Å². The molecule has 1 aromatic carbocycles. The van der Waals surface area contributed by atoms with E-state index >= 15 is 0 Å². The Morgan fingerprint density at radius 3 is 2.81 bits per heavy atom. The third kappa shape index (κ3) is 5.38. The summed E-state index contributed by atoms with van der Waals surface area (Å²) in [4.78, 5) is 5.78. The minimum absolute atomic E-state index is 0.157. The summed E-state index contributed by atoms with van der Waals surface area (Å²) >= 11 is 3.53. The predicted octanol–water partition coefficient (Wildman–Crippen LogP) is 3.40. The maximum atomic E-state index is 10.6. The van der Waals surface area contributed by atoms with E-state index in [1.54, 1.807) is 11.3 Å². The van der Waals surface area contributed by atoms with E-state index in [2.05, 4.69) is 42.0 Å². The number of guanidine groups is 1. The number of hydrogen-bond acceptors (Lipinski definition) is 5. The summed E-state index contributed by atoms with van der Waals surface area (Å²) in [6, 6.07) is 10.3. The van der Waals surface area contributed by atoms with Gasteiger partial charge in [-0.3, -0.25) is 4.99 Å². The Bertz CT molecular complexity index is 724. The lowest BCUT2D eigenvalue weighted by molar-refractivity contribution is 0.0794. The number of nitrogens with one attached hydrogen (secondary N) is 2. The van der Waals surface area contributed by atoms with Crippen LogP contribution in [-0.2, 0) is 4.74 Å². The second kappa shape index (κ2) is 9.78. The zero-order chi connectivity index (χ0) is 19.1. The third-order valence-corrected chi connectivity index (χ3v) is 7.56. The van der Waals surface area contributed by atoms with E-state index < -0.39 is 6.10 Å². The largest absolute Gasteiger partial charge is 0.386 e. The van der Waals surface area contributed by atoms with Crippen molar-refractivity contribution < 1.29 is 9.84 Å². The molecule has 1 aliphatic rings. The lowest BCUT2D eigenvalue weighted by Crippen LogP contribution is -2.42. The molecule has 2 heterocycles. The van der Waals surface area contributed by atoms with Gasteiger partial charge in [0.25, 0.3) is 0 Å². The van der Waals surface area contributed by atoms with Gasteiger partial charge in [-0.1, -0.05) is 18.2 Å². The molecule has 148 valence electrons. The quantitative estimate of drug-likeness (QED) is 0.485. The maximum Gasteiger partial charge on any atom is 0.191 e. The van der Waals surface area contributed by atoms with Gasteiger partial charge >= 0.3 is 0 Å². The zero-order valence-electron chi connectivity index (χ0n) is 16.0. The highest BCUT2D eigenvalue weighted by Crippen LogP contribution is 2.34. The fraction of sp³-hybridized carbons (Fsp3) is 0.550. The van der Waals surface area contributed by atoms with Crippen LogP contribution in [0.25, 0.3) is 10.1 Å². The number of benzene rings is 1. The molecule has 0 saturated carbocycles. The molecule has 1 aliphatic heterocycles. The lowest BCUT2D eigenvalue weighted by Gasteiger charge is -2.34. The summed E-state index contributed by atoms with van der Waals surface area (Å²) in [7, 11) is 0. The third-order valence-electron chi connectivity index (χ3n) is 4.94. The van der Waals surface area contributed by atoms with Crippen molar-refractivity contribution >= 4 is 39.1 Å².